The number of carbonyl (C=O) groups excluding carboxylic acids is 4. The van der Waals surface area contributed by atoms with Gasteiger partial charge >= 0.3 is 12.2 Å². The highest BCUT2D eigenvalue weighted by Gasteiger charge is 2.39. The number of likely N-dealkylation sites (tertiary alicyclic amines) is 2. The Kier molecular flexibility index (Phi) is 12.2. The summed E-state index contributed by atoms with van der Waals surface area (Å²) < 4.78 is 11.6. The lowest BCUT2D eigenvalue weighted by atomic mass is 10.0. The number of hydrogen-bond acceptors (Lipinski definition) is 10. The van der Waals surface area contributed by atoms with E-state index in [-0.39, 0.29) is 35.7 Å². The van der Waals surface area contributed by atoms with Crippen molar-refractivity contribution in [2.75, 3.05) is 27.3 Å². The van der Waals surface area contributed by atoms with Gasteiger partial charge in [0.2, 0.25) is 11.8 Å². The van der Waals surface area contributed by atoms with Crippen molar-refractivity contribution >= 4 is 40.3 Å². The predicted octanol–water partition coefficient (Wildman–Crippen LogP) is 7.60. The van der Waals surface area contributed by atoms with Gasteiger partial charge in [-0.2, -0.15) is 0 Å². The second kappa shape index (κ2) is 17.8. The number of nitrogens with zero attached hydrogens (tertiary/aromatic N) is 6. The summed E-state index contributed by atoms with van der Waals surface area (Å²) >= 11 is 1.62. The summed E-state index contributed by atoms with van der Waals surface area (Å²) in [5, 5.41) is 5.40. The van der Waals surface area contributed by atoms with Crippen LogP contribution in [-0.4, -0.2) is 103 Å². The van der Waals surface area contributed by atoms with Crippen LogP contribution in [0.3, 0.4) is 0 Å². The van der Waals surface area contributed by atoms with Gasteiger partial charge in [0.1, 0.15) is 23.7 Å². The monoisotopic (exact) mass is 860 g/mol. The molecule has 0 radical (unpaired) electrons. The highest BCUT2D eigenvalue weighted by atomic mass is 32.1. The van der Waals surface area contributed by atoms with Crippen LogP contribution < -0.4 is 10.6 Å². The van der Waals surface area contributed by atoms with Gasteiger partial charge in [0.15, 0.2) is 4.96 Å². The molecule has 4 aromatic heterocycles. The van der Waals surface area contributed by atoms with Gasteiger partial charge in [-0.15, -0.1) is 0 Å². The molecule has 0 bridgehead atoms. The molecule has 4 amide bonds. The van der Waals surface area contributed by atoms with E-state index in [1.54, 1.807) is 11.3 Å². The first-order valence-corrected chi connectivity index (χ1v) is 21.8. The second-order valence-electron chi connectivity index (χ2n) is 16.5. The zero-order valence-corrected chi connectivity index (χ0v) is 36.5. The summed E-state index contributed by atoms with van der Waals surface area (Å²) in [6, 6.07) is 14.7. The molecule has 324 valence electrons. The summed E-state index contributed by atoms with van der Waals surface area (Å²) in [6.45, 7) is 8.80. The molecule has 2 aliphatic heterocycles. The molecule has 0 spiro atoms. The van der Waals surface area contributed by atoms with Crippen molar-refractivity contribution in [3.8, 4) is 44.2 Å². The fraction of sp³-hybridized carbons (Fsp3) is 0.400. The average molecular weight is 861 g/mol. The first-order chi connectivity index (χ1) is 29.9. The van der Waals surface area contributed by atoms with Gasteiger partial charge in [0, 0.05) is 42.8 Å². The molecular weight excluding hydrogens is 809 g/mol. The van der Waals surface area contributed by atoms with Crippen LogP contribution in [0.15, 0.2) is 73.3 Å². The number of methoxy groups -OCH3 is 2. The number of aromatic amines is 2. The highest BCUT2D eigenvalue weighted by Crippen LogP contribution is 2.36. The van der Waals surface area contributed by atoms with E-state index in [1.165, 1.54) is 14.2 Å². The minimum atomic E-state index is -0.690. The van der Waals surface area contributed by atoms with Crippen molar-refractivity contribution in [1.29, 1.82) is 0 Å². The Morgan fingerprint density at radius 1 is 0.710 bits per heavy atom. The minimum absolute atomic E-state index is 0.105. The molecule has 2 aromatic carbocycles. The van der Waals surface area contributed by atoms with Crippen LogP contribution in [0.5, 0.6) is 0 Å². The van der Waals surface area contributed by atoms with Crippen LogP contribution in [0.1, 0.15) is 77.1 Å². The number of imidazole rings is 3. The molecule has 2 saturated heterocycles. The van der Waals surface area contributed by atoms with Crippen molar-refractivity contribution in [2.45, 2.75) is 77.5 Å². The first-order valence-electron chi connectivity index (χ1n) is 21.0. The number of thiazole rings is 1. The fourth-order valence-electron chi connectivity index (χ4n) is 8.39. The SMILES string of the molecule is COC(=O)N[C@H](C(=O)N1CCCC1c1nc(-c2ccc(-c3cn4cc(-c5ccc(-c6cnc([C@@H]7CCCN7C(=O)[C@@H](NC(=O)OC)C(C)C)[nH]6)cc5)sc4n3)cc2)c[nH]1)C(C)C. The average Bonchev–Trinajstić information content (AvgIpc) is 4.13. The molecule has 17 heteroatoms. The van der Waals surface area contributed by atoms with Gasteiger partial charge in [-0.25, -0.2) is 24.5 Å². The van der Waals surface area contributed by atoms with Crippen LogP contribution in [0.25, 0.3) is 49.2 Å². The van der Waals surface area contributed by atoms with Crippen LogP contribution >= 0.6 is 11.3 Å². The molecule has 1 unspecified atom stereocenters. The van der Waals surface area contributed by atoms with E-state index >= 15 is 0 Å². The smallest absolute Gasteiger partial charge is 0.407 e. The van der Waals surface area contributed by atoms with Crippen LogP contribution in [0.4, 0.5) is 9.59 Å². The van der Waals surface area contributed by atoms with Crippen LogP contribution in [-0.2, 0) is 19.1 Å². The minimum Gasteiger partial charge on any atom is -0.453 e. The third kappa shape index (κ3) is 8.53. The number of hydrogen-bond donors (Lipinski definition) is 4. The van der Waals surface area contributed by atoms with Crippen molar-refractivity contribution < 1.29 is 28.7 Å². The molecule has 0 saturated carbocycles. The lowest BCUT2D eigenvalue weighted by Gasteiger charge is -2.30. The largest absolute Gasteiger partial charge is 0.453 e. The van der Waals surface area contributed by atoms with Crippen LogP contribution in [0.2, 0.25) is 0 Å². The molecule has 2 fully saturated rings. The molecule has 6 aromatic rings. The zero-order chi connectivity index (χ0) is 43.7. The van der Waals surface area contributed by atoms with Crippen molar-refractivity contribution in [2.24, 2.45) is 11.8 Å². The Labute approximate surface area is 363 Å². The summed E-state index contributed by atoms with van der Waals surface area (Å²) in [5.41, 5.74) is 6.49. The number of aromatic nitrogens is 6. The van der Waals surface area contributed by atoms with E-state index < -0.39 is 24.3 Å². The Bertz CT molecular complexity index is 2350. The number of alkyl carbamates (subject to hydrolysis) is 2. The molecule has 2 aliphatic rings. The van der Waals surface area contributed by atoms with E-state index in [4.69, 9.17) is 19.4 Å². The van der Waals surface area contributed by atoms with E-state index in [2.05, 4.69) is 60.4 Å². The lowest BCUT2D eigenvalue weighted by molar-refractivity contribution is -0.136. The number of carbonyl (C=O) groups is 4. The number of fused-ring (bicyclic) bond motifs is 1. The maximum atomic E-state index is 13.6. The summed E-state index contributed by atoms with van der Waals surface area (Å²) in [6.07, 6.45) is 9.82. The number of benzene rings is 2. The summed E-state index contributed by atoms with van der Waals surface area (Å²) in [7, 11) is 2.58. The topological polar surface area (TPSA) is 192 Å². The molecule has 16 nitrogen and oxygen atoms in total. The van der Waals surface area contributed by atoms with Gasteiger partial charge < -0.3 is 39.9 Å². The predicted molar refractivity (Wildman–Crippen MR) is 235 cm³/mol. The van der Waals surface area contributed by atoms with Crippen molar-refractivity contribution in [3.63, 3.8) is 0 Å². The highest BCUT2D eigenvalue weighted by molar-refractivity contribution is 7.20. The Balaban J connectivity index is 0.908. The number of nitrogens with one attached hydrogen (secondary N) is 4. The van der Waals surface area contributed by atoms with Gasteiger partial charge in [0.25, 0.3) is 0 Å². The van der Waals surface area contributed by atoms with Crippen molar-refractivity contribution in [1.82, 2.24) is 49.8 Å². The van der Waals surface area contributed by atoms with E-state index in [1.807, 2.05) is 80.4 Å². The van der Waals surface area contributed by atoms with Crippen molar-refractivity contribution in [3.05, 3.63) is 85.0 Å². The van der Waals surface area contributed by atoms with Crippen LogP contribution in [0, 0.1) is 11.8 Å². The number of rotatable bonds is 12. The zero-order valence-electron chi connectivity index (χ0n) is 35.7. The maximum Gasteiger partial charge on any atom is 0.407 e. The quantitative estimate of drug-likeness (QED) is 0.0960. The summed E-state index contributed by atoms with van der Waals surface area (Å²) in [5.74, 6) is 0.957. The lowest BCUT2D eigenvalue weighted by Crippen LogP contribution is -2.51. The van der Waals surface area contributed by atoms with E-state index in [9.17, 15) is 19.2 Å². The van der Waals surface area contributed by atoms with Gasteiger partial charge in [0.05, 0.1) is 54.5 Å². The second-order valence-corrected chi connectivity index (χ2v) is 17.5. The number of ether oxygens (including phenoxy) is 2. The van der Waals surface area contributed by atoms with E-state index in [0.717, 1.165) is 86.5 Å². The molecule has 0 aliphatic carbocycles. The Hall–Kier alpha value is -6.49. The van der Waals surface area contributed by atoms with Gasteiger partial charge in [-0.05, 0) is 48.6 Å². The molecule has 8 rings (SSSR count). The van der Waals surface area contributed by atoms with Gasteiger partial charge in [-0.1, -0.05) is 87.6 Å². The molecule has 4 N–H and O–H groups in total. The normalized spacial score (nSPS) is 17.5. The maximum absolute atomic E-state index is 13.6. The Morgan fingerprint density at radius 2 is 1.24 bits per heavy atom. The number of amides is 4. The molecule has 62 heavy (non-hydrogen) atoms. The third-order valence-electron chi connectivity index (χ3n) is 11.8. The fourth-order valence-corrected chi connectivity index (χ4v) is 9.36. The Morgan fingerprint density at radius 3 is 1.79 bits per heavy atom. The number of H-pyrrole nitrogens is 2. The molecule has 6 heterocycles. The third-order valence-corrected chi connectivity index (χ3v) is 12.8. The molecular formula is C45H52N10O6S. The summed E-state index contributed by atoms with van der Waals surface area (Å²) in [4.78, 5) is 77.9. The first kappa shape index (κ1) is 42.2. The van der Waals surface area contributed by atoms with Gasteiger partial charge in [-0.3, -0.25) is 14.0 Å². The standard InChI is InChI=1S/C45H52N10O6S/c1-25(2)37(51-44(58)60-5)41(56)54-19-7-9-34(54)39-46-21-31(48-39)27-11-13-29(14-12-27)33-23-53-24-36(62-43(53)50-33)30-17-15-28(16-18-30)32-22-47-40(49-32)35-10-8-20-55(35)42(57)38(26(3)4)52-45(59)61-6/h11-18,21-26,34-35,37-38H,7-10,19-20H2,1-6H3,(H,46,48)(H,47,49)(H,51,58)(H,52,59)/t34?,35-,37-,38-/m0/s1. The van der Waals surface area contributed by atoms with E-state index in [0.29, 0.717) is 13.1 Å². The molecule has 4 atom stereocenters.